The lowest BCUT2D eigenvalue weighted by Gasteiger charge is -2.50. The molecule has 55 heavy (non-hydrogen) atoms. The third-order valence-corrected chi connectivity index (χ3v) is 10.4. The number of nitrogens with zero attached hydrogens (tertiary/aromatic N) is 4. The number of carbonyl (C=O) groups is 3. The zero-order chi connectivity index (χ0) is 41.0. The molecule has 0 radical (unpaired) electrons. The van der Waals surface area contributed by atoms with E-state index in [9.17, 15) is 14.4 Å². The molecule has 2 unspecified atom stereocenters. The van der Waals surface area contributed by atoms with Gasteiger partial charge in [0.05, 0.1) is 32.6 Å². The Hall–Kier alpha value is -4.61. The highest BCUT2D eigenvalue weighted by atomic mass is 16.6. The summed E-state index contributed by atoms with van der Waals surface area (Å²) in [4.78, 5) is 51.3. The normalized spacial score (nSPS) is 19.1. The molecule has 0 spiro atoms. The molecular weight excluding hydrogens is 704 g/mol. The van der Waals surface area contributed by atoms with Crippen LogP contribution in [0, 0.1) is 40.6 Å². The highest BCUT2D eigenvalue weighted by Gasteiger charge is 2.48. The monoisotopic (exact) mass is 764 g/mol. The maximum atomic E-state index is 14.7. The molecule has 1 aliphatic rings. The number of esters is 1. The Labute approximate surface area is 325 Å². The molecule has 1 fully saturated rings. The first-order chi connectivity index (χ1) is 25.7. The summed E-state index contributed by atoms with van der Waals surface area (Å²) < 4.78 is 29.8. The van der Waals surface area contributed by atoms with Crippen LogP contribution >= 0.6 is 0 Å². The summed E-state index contributed by atoms with van der Waals surface area (Å²) in [7, 11) is 4.56. The van der Waals surface area contributed by atoms with E-state index in [2.05, 4.69) is 63.7 Å². The van der Waals surface area contributed by atoms with Crippen molar-refractivity contribution in [2.75, 3.05) is 52.9 Å². The third kappa shape index (κ3) is 9.80. The average molecular weight is 765 g/mol. The summed E-state index contributed by atoms with van der Waals surface area (Å²) in [6.07, 6.45) is 0.548. The highest BCUT2D eigenvalue weighted by Crippen LogP contribution is 2.50. The molecule has 3 aromatic rings. The van der Waals surface area contributed by atoms with Crippen LogP contribution in [0.15, 0.2) is 18.2 Å². The van der Waals surface area contributed by atoms with Gasteiger partial charge in [0.1, 0.15) is 17.4 Å². The maximum Gasteiger partial charge on any atom is 0.415 e. The van der Waals surface area contributed by atoms with Crippen LogP contribution in [-0.4, -0.2) is 91.2 Å². The fraction of sp³-hybridized carbons (Fsp3) is 0.634. The van der Waals surface area contributed by atoms with E-state index in [4.69, 9.17) is 35.2 Å². The van der Waals surface area contributed by atoms with Gasteiger partial charge in [-0.25, -0.2) is 23.9 Å². The van der Waals surface area contributed by atoms with Crippen molar-refractivity contribution in [3.8, 4) is 23.0 Å². The van der Waals surface area contributed by atoms with E-state index in [0.29, 0.717) is 22.9 Å². The molecule has 0 bridgehead atoms. The molecule has 2 N–H and O–H groups in total. The second-order valence-electron chi connectivity index (χ2n) is 17.7. The van der Waals surface area contributed by atoms with E-state index >= 15 is 0 Å². The number of ether oxygens (including phenoxy) is 5. The van der Waals surface area contributed by atoms with Crippen molar-refractivity contribution < 1.29 is 38.1 Å². The molecule has 14 nitrogen and oxygen atoms in total. The number of benzene rings is 1. The van der Waals surface area contributed by atoms with Crippen molar-refractivity contribution in [1.29, 1.82) is 0 Å². The molecule has 1 aromatic carbocycles. The molecule has 2 aromatic heterocycles. The van der Waals surface area contributed by atoms with Crippen molar-refractivity contribution in [1.82, 2.24) is 19.5 Å². The van der Waals surface area contributed by atoms with Crippen LogP contribution in [-0.2, 0) is 19.0 Å². The van der Waals surface area contributed by atoms with Crippen LogP contribution < -0.4 is 14.8 Å². The number of fused-ring (bicyclic) bond motifs is 1. The number of hydrogen-bond acceptors (Lipinski definition) is 9. The van der Waals surface area contributed by atoms with E-state index in [1.54, 1.807) is 39.0 Å². The van der Waals surface area contributed by atoms with Crippen LogP contribution in [0.1, 0.15) is 92.4 Å². The van der Waals surface area contributed by atoms with E-state index in [0.717, 1.165) is 12.8 Å². The van der Waals surface area contributed by atoms with Crippen molar-refractivity contribution in [2.24, 2.45) is 34.0 Å². The topological polar surface area (TPSA) is 150 Å². The first kappa shape index (κ1) is 43.1. The Morgan fingerprint density at radius 3 is 2.04 bits per heavy atom. The van der Waals surface area contributed by atoms with Gasteiger partial charge >= 0.3 is 12.1 Å². The van der Waals surface area contributed by atoms with Crippen molar-refractivity contribution in [2.45, 2.75) is 88.2 Å². The molecule has 2 amide bonds. The van der Waals surface area contributed by atoms with Gasteiger partial charge in [-0.3, -0.25) is 9.89 Å². The highest BCUT2D eigenvalue weighted by molar-refractivity contribution is 6.05. The van der Waals surface area contributed by atoms with Gasteiger partial charge in [-0.15, -0.1) is 0 Å². The number of amides is 2. The molecule has 2 atom stereocenters. The minimum atomic E-state index is -0.770. The van der Waals surface area contributed by atoms with Gasteiger partial charge in [-0.05, 0) is 47.8 Å². The number of rotatable bonds is 12. The summed E-state index contributed by atoms with van der Waals surface area (Å²) in [5.74, 6) is 0.0674. The molecule has 1 saturated carbocycles. The van der Waals surface area contributed by atoms with Gasteiger partial charge in [0.15, 0.2) is 11.5 Å². The van der Waals surface area contributed by atoms with E-state index < -0.39 is 23.6 Å². The number of hydrogen-bond donors (Lipinski definition) is 2. The average Bonchev–Trinajstić information content (AvgIpc) is 3.64. The number of H-pyrrole nitrogens is 1. The second-order valence-corrected chi connectivity index (χ2v) is 17.7. The number of aromatic nitrogens is 3. The summed E-state index contributed by atoms with van der Waals surface area (Å²) in [6.45, 7) is 29.8. The molecule has 0 aliphatic heterocycles. The van der Waals surface area contributed by atoms with Gasteiger partial charge < -0.3 is 33.9 Å². The van der Waals surface area contributed by atoms with Gasteiger partial charge in [-0.1, -0.05) is 69.2 Å². The SMILES string of the molecule is [C-]#[N+]c1c(C(=O)OC2C(C(C)(C)C)CC(C)CC2C(C)(C)C)c2nc(-c3ccc(OC)c(NC(=O)C(C)(C)C)c3)[nH]n2c1OC(=O)N(CCOC)CCOC. The molecule has 1 aliphatic carbocycles. The molecule has 2 heterocycles. The first-order valence-electron chi connectivity index (χ1n) is 18.8. The number of carbonyl (C=O) groups excluding carboxylic acids is 3. The molecule has 302 valence electrons. The number of nitrogens with one attached hydrogen (secondary N) is 2. The Morgan fingerprint density at radius 1 is 0.964 bits per heavy atom. The van der Waals surface area contributed by atoms with Gasteiger partial charge in [-0.2, -0.15) is 0 Å². The van der Waals surface area contributed by atoms with Gasteiger partial charge in [0.2, 0.25) is 11.8 Å². The quantitative estimate of drug-likeness (QED) is 0.137. The zero-order valence-corrected chi connectivity index (χ0v) is 34.8. The lowest BCUT2D eigenvalue weighted by molar-refractivity contribution is -0.123. The number of methoxy groups -OCH3 is 3. The van der Waals surface area contributed by atoms with Crippen molar-refractivity contribution in [3.05, 3.63) is 35.2 Å². The van der Waals surface area contributed by atoms with Crippen LogP contribution in [0.25, 0.3) is 21.9 Å². The second kappa shape index (κ2) is 17.0. The third-order valence-electron chi connectivity index (χ3n) is 10.4. The molecular formula is C41H60N6O8. The van der Waals surface area contributed by atoms with E-state index in [1.165, 1.54) is 30.7 Å². The maximum absolute atomic E-state index is 14.7. The lowest BCUT2D eigenvalue weighted by Crippen LogP contribution is -2.49. The lowest BCUT2D eigenvalue weighted by atomic mass is 9.59. The van der Waals surface area contributed by atoms with Crippen LogP contribution in [0.5, 0.6) is 11.6 Å². The summed E-state index contributed by atoms with van der Waals surface area (Å²) in [6, 6.07) is 5.13. The minimum absolute atomic E-state index is 0.0436. The van der Waals surface area contributed by atoms with Crippen molar-refractivity contribution >= 4 is 35.0 Å². The van der Waals surface area contributed by atoms with Crippen LogP contribution in [0.3, 0.4) is 0 Å². The largest absolute Gasteiger partial charge is 0.495 e. The van der Waals surface area contributed by atoms with Crippen LogP contribution in [0.4, 0.5) is 16.2 Å². The summed E-state index contributed by atoms with van der Waals surface area (Å²) in [5, 5.41) is 6.07. The predicted molar refractivity (Wildman–Crippen MR) is 211 cm³/mol. The first-order valence-corrected chi connectivity index (χ1v) is 18.8. The Balaban J connectivity index is 1.91. The fourth-order valence-electron chi connectivity index (χ4n) is 7.15. The zero-order valence-electron chi connectivity index (χ0n) is 34.8. The smallest absolute Gasteiger partial charge is 0.415 e. The Bertz CT molecular complexity index is 1850. The fourth-order valence-corrected chi connectivity index (χ4v) is 7.15. The van der Waals surface area contributed by atoms with Crippen LogP contribution in [0.2, 0.25) is 0 Å². The minimum Gasteiger partial charge on any atom is -0.495 e. The van der Waals surface area contributed by atoms with Gasteiger partial charge in [0.25, 0.3) is 5.69 Å². The molecule has 4 rings (SSSR count). The van der Waals surface area contributed by atoms with E-state index in [1.807, 2.05) is 0 Å². The predicted octanol–water partition coefficient (Wildman–Crippen LogP) is 8.25. The van der Waals surface area contributed by atoms with Gasteiger partial charge in [0, 0.05) is 50.1 Å². The summed E-state index contributed by atoms with van der Waals surface area (Å²) >= 11 is 0. The van der Waals surface area contributed by atoms with Crippen molar-refractivity contribution in [3.63, 3.8) is 0 Å². The Kier molecular flexibility index (Phi) is 13.4. The molecule has 0 saturated heterocycles. The summed E-state index contributed by atoms with van der Waals surface area (Å²) in [5.41, 5.74) is -0.370. The Morgan fingerprint density at radius 2 is 1.55 bits per heavy atom. The molecule has 14 heteroatoms. The number of aromatic amines is 1. The number of anilines is 1. The van der Waals surface area contributed by atoms with E-state index in [-0.39, 0.29) is 83.5 Å². The standard InChI is InChI=1S/C41H60N6O8/c1-24-21-26(39(2,3)4)32(27(22-24)40(5,6)7)54-36(48)30-31(42-11)35(55-38(50)46(17-19-51-12)18-20-52-13)47-34(30)44-33(45-47)25-15-16-29(53-14)28(23-25)43-37(49)41(8,9)10/h15-16,23-24,26-27,32H,17-22H2,1-10,12-14H3,(H,43,49)(H,44,45).